The Morgan fingerprint density at radius 1 is 0.875 bits per heavy atom. The van der Waals surface area contributed by atoms with Crippen LogP contribution in [0.1, 0.15) is 114 Å². The lowest BCUT2D eigenvalue weighted by atomic mass is 9.67. The first-order valence-corrected chi connectivity index (χ1v) is 13.0. The van der Waals surface area contributed by atoms with E-state index in [4.69, 9.17) is 0 Å². The summed E-state index contributed by atoms with van der Waals surface area (Å²) < 4.78 is 0. The summed E-state index contributed by atoms with van der Waals surface area (Å²) in [6.45, 7) is 4.47. The largest absolute Gasteiger partial charge is 0.236 e. The van der Waals surface area contributed by atoms with Crippen molar-refractivity contribution in [3.05, 3.63) is 47.8 Å². The molecule has 1 aliphatic rings. The third-order valence-electron chi connectivity index (χ3n) is 7.35. The predicted molar refractivity (Wildman–Crippen MR) is 133 cm³/mol. The van der Waals surface area contributed by atoms with Gasteiger partial charge in [-0.2, -0.15) is 5.26 Å². The maximum absolute atomic E-state index is 9.73. The standard InChI is InChI=1S/C29H41N3/c1-3-5-7-8-9-10-11-24-21-31-28(32-22-24)27-14-12-25(13-15-27)26-16-19-29(23-30,20-17-26)18-6-4-2/h12-15,21-22,26H,3-11,16-20H2,1-2H3/t26-,29-. The lowest BCUT2D eigenvalue weighted by molar-refractivity contribution is 0.224. The highest BCUT2D eigenvalue weighted by Crippen LogP contribution is 2.45. The Kier molecular flexibility index (Phi) is 9.72. The van der Waals surface area contributed by atoms with Gasteiger partial charge in [-0.05, 0) is 62.0 Å². The molecule has 3 nitrogen and oxygen atoms in total. The van der Waals surface area contributed by atoms with Crippen LogP contribution in [0.2, 0.25) is 0 Å². The lowest BCUT2D eigenvalue weighted by Gasteiger charge is -2.35. The average Bonchev–Trinajstić information content (AvgIpc) is 2.86. The molecule has 3 heteroatoms. The number of nitriles is 1. The van der Waals surface area contributed by atoms with Gasteiger partial charge in [0.2, 0.25) is 0 Å². The molecule has 32 heavy (non-hydrogen) atoms. The second kappa shape index (κ2) is 12.7. The third-order valence-corrected chi connectivity index (χ3v) is 7.35. The Morgan fingerprint density at radius 2 is 1.50 bits per heavy atom. The number of unbranched alkanes of at least 4 members (excludes halogenated alkanes) is 6. The van der Waals surface area contributed by atoms with Crippen molar-refractivity contribution in [1.29, 1.82) is 5.26 Å². The molecule has 0 N–H and O–H groups in total. The fraction of sp³-hybridized carbons (Fsp3) is 0.621. The van der Waals surface area contributed by atoms with Gasteiger partial charge in [-0.25, -0.2) is 9.97 Å². The molecule has 1 heterocycles. The van der Waals surface area contributed by atoms with Gasteiger partial charge in [0.25, 0.3) is 0 Å². The second-order valence-electron chi connectivity index (χ2n) is 9.82. The molecular weight excluding hydrogens is 390 g/mol. The first-order valence-electron chi connectivity index (χ1n) is 13.0. The average molecular weight is 432 g/mol. The highest BCUT2D eigenvalue weighted by molar-refractivity contribution is 5.55. The number of hydrogen-bond donors (Lipinski definition) is 0. The van der Waals surface area contributed by atoms with Crippen molar-refractivity contribution in [3.63, 3.8) is 0 Å². The maximum atomic E-state index is 9.73. The molecule has 0 spiro atoms. The Morgan fingerprint density at radius 3 is 2.12 bits per heavy atom. The number of hydrogen-bond acceptors (Lipinski definition) is 3. The van der Waals surface area contributed by atoms with Crippen LogP contribution < -0.4 is 0 Å². The molecule has 2 aromatic rings. The van der Waals surface area contributed by atoms with E-state index in [0.29, 0.717) is 5.92 Å². The minimum Gasteiger partial charge on any atom is -0.236 e. The van der Waals surface area contributed by atoms with Gasteiger partial charge in [0.1, 0.15) is 0 Å². The van der Waals surface area contributed by atoms with Crippen LogP contribution in [0.3, 0.4) is 0 Å². The van der Waals surface area contributed by atoms with Crippen LogP contribution in [0.5, 0.6) is 0 Å². The van der Waals surface area contributed by atoms with Crippen molar-refractivity contribution in [2.75, 3.05) is 0 Å². The lowest BCUT2D eigenvalue weighted by Crippen LogP contribution is -2.25. The van der Waals surface area contributed by atoms with Crippen LogP contribution in [-0.4, -0.2) is 9.97 Å². The molecule has 0 atom stereocenters. The molecule has 0 aliphatic heterocycles. The third kappa shape index (κ3) is 6.89. The molecular formula is C29H41N3. The van der Waals surface area contributed by atoms with Gasteiger partial charge < -0.3 is 0 Å². The molecule has 3 rings (SSSR count). The summed E-state index contributed by atoms with van der Waals surface area (Å²) in [5.74, 6) is 1.39. The van der Waals surface area contributed by atoms with Gasteiger partial charge in [0, 0.05) is 18.0 Å². The number of aryl methyl sites for hydroxylation is 1. The summed E-state index contributed by atoms with van der Waals surface area (Å²) in [6, 6.07) is 11.5. The molecule has 0 bridgehead atoms. The van der Waals surface area contributed by atoms with Crippen molar-refractivity contribution in [2.24, 2.45) is 5.41 Å². The quantitative estimate of drug-likeness (QED) is 0.317. The molecule has 0 saturated heterocycles. The molecule has 1 aromatic carbocycles. The number of nitrogens with zero attached hydrogens (tertiary/aromatic N) is 3. The zero-order chi connectivity index (χ0) is 22.7. The van der Waals surface area contributed by atoms with Crippen LogP contribution >= 0.6 is 0 Å². The highest BCUT2D eigenvalue weighted by Gasteiger charge is 2.35. The van der Waals surface area contributed by atoms with Crippen LogP contribution in [0.25, 0.3) is 11.4 Å². The monoisotopic (exact) mass is 431 g/mol. The Balaban J connectivity index is 1.50. The smallest absolute Gasteiger partial charge is 0.159 e. The van der Waals surface area contributed by atoms with Crippen LogP contribution in [0.4, 0.5) is 0 Å². The molecule has 172 valence electrons. The Hall–Kier alpha value is -2.21. The fourth-order valence-electron chi connectivity index (χ4n) is 5.08. The van der Waals surface area contributed by atoms with E-state index in [1.165, 1.54) is 62.5 Å². The van der Waals surface area contributed by atoms with E-state index in [1.807, 2.05) is 12.4 Å². The van der Waals surface area contributed by atoms with Gasteiger partial charge in [-0.3, -0.25) is 0 Å². The second-order valence-corrected chi connectivity index (χ2v) is 9.82. The minimum absolute atomic E-state index is 0.0719. The first-order chi connectivity index (χ1) is 15.7. The summed E-state index contributed by atoms with van der Waals surface area (Å²) in [7, 11) is 0. The molecule has 1 aromatic heterocycles. The molecule has 0 radical (unpaired) electrons. The van der Waals surface area contributed by atoms with Crippen LogP contribution in [-0.2, 0) is 6.42 Å². The zero-order valence-corrected chi connectivity index (χ0v) is 20.3. The summed E-state index contributed by atoms with van der Waals surface area (Å²) in [6.07, 6.45) is 20.7. The molecule has 1 saturated carbocycles. The van der Waals surface area contributed by atoms with E-state index in [1.54, 1.807) is 0 Å². The van der Waals surface area contributed by atoms with Crippen LogP contribution in [0.15, 0.2) is 36.7 Å². The molecule has 0 amide bonds. The van der Waals surface area contributed by atoms with Crippen molar-refractivity contribution in [2.45, 2.75) is 110 Å². The first kappa shape index (κ1) is 24.4. The summed E-state index contributed by atoms with van der Waals surface area (Å²) in [5.41, 5.74) is 3.66. The zero-order valence-electron chi connectivity index (χ0n) is 20.3. The summed E-state index contributed by atoms with van der Waals surface area (Å²) in [4.78, 5) is 9.26. The van der Waals surface area contributed by atoms with Gasteiger partial charge in [-0.15, -0.1) is 0 Å². The number of aromatic nitrogens is 2. The molecule has 1 fully saturated rings. The van der Waals surface area contributed by atoms with Crippen molar-refractivity contribution >= 4 is 0 Å². The van der Waals surface area contributed by atoms with Gasteiger partial charge in [0.15, 0.2) is 5.82 Å². The van der Waals surface area contributed by atoms with Crippen molar-refractivity contribution in [3.8, 4) is 17.5 Å². The van der Waals surface area contributed by atoms with E-state index < -0.39 is 0 Å². The normalized spacial score (nSPS) is 20.7. The minimum atomic E-state index is -0.0719. The van der Waals surface area contributed by atoms with E-state index >= 15 is 0 Å². The highest BCUT2D eigenvalue weighted by atomic mass is 14.9. The number of rotatable bonds is 12. The van der Waals surface area contributed by atoms with E-state index in [9.17, 15) is 5.26 Å². The van der Waals surface area contributed by atoms with Crippen molar-refractivity contribution < 1.29 is 0 Å². The van der Waals surface area contributed by atoms with Crippen LogP contribution in [0, 0.1) is 16.7 Å². The molecule has 0 unspecified atom stereocenters. The van der Waals surface area contributed by atoms with Gasteiger partial charge in [0.05, 0.1) is 11.5 Å². The predicted octanol–water partition coefficient (Wildman–Crippen LogP) is 8.40. The van der Waals surface area contributed by atoms with E-state index in [-0.39, 0.29) is 5.41 Å². The van der Waals surface area contributed by atoms with Crippen molar-refractivity contribution in [1.82, 2.24) is 9.97 Å². The number of benzene rings is 1. The maximum Gasteiger partial charge on any atom is 0.159 e. The SMILES string of the molecule is CCCCCCCCc1cnc(-c2ccc([C@H]3CC[C@@](C#N)(CCCC)CC3)cc2)nc1. The summed E-state index contributed by atoms with van der Waals surface area (Å²) in [5, 5.41) is 9.73. The Labute approximate surface area is 195 Å². The fourth-order valence-corrected chi connectivity index (χ4v) is 5.08. The van der Waals surface area contributed by atoms with E-state index in [0.717, 1.165) is 49.9 Å². The van der Waals surface area contributed by atoms with E-state index in [2.05, 4.69) is 54.2 Å². The van der Waals surface area contributed by atoms with Gasteiger partial charge >= 0.3 is 0 Å². The van der Waals surface area contributed by atoms with Gasteiger partial charge in [-0.1, -0.05) is 83.1 Å². The molecule has 1 aliphatic carbocycles. The Bertz CT molecular complexity index is 824. The topological polar surface area (TPSA) is 49.6 Å². The summed E-state index contributed by atoms with van der Waals surface area (Å²) >= 11 is 0.